The van der Waals surface area contributed by atoms with Crippen LogP contribution in [0.25, 0.3) is 0 Å². The molecule has 1 fully saturated rings. The maximum absolute atomic E-state index is 11.6. The molecule has 0 radical (unpaired) electrons. The number of carbonyl (C=O) groups excluding carboxylic acids is 3. The molecule has 1 saturated heterocycles. The van der Waals surface area contributed by atoms with Crippen LogP contribution in [0.15, 0.2) is 0 Å². The summed E-state index contributed by atoms with van der Waals surface area (Å²) >= 11 is 0. The lowest BCUT2D eigenvalue weighted by Crippen LogP contribution is -2.53. The van der Waals surface area contributed by atoms with Gasteiger partial charge in [-0.05, 0) is 0 Å². The Bertz CT molecular complexity index is 363. The highest BCUT2D eigenvalue weighted by atomic mass is 32.2. The average Bonchev–Trinajstić information content (AvgIpc) is 2.69. The van der Waals surface area contributed by atoms with Gasteiger partial charge < -0.3 is 14.2 Å². The van der Waals surface area contributed by atoms with Gasteiger partial charge in [0, 0.05) is 0 Å². The zero-order chi connectivity index (χ0) is 12.3. The lowest BCUT2D eigenvalue weighted by Gasteiger charge is -2.20. The summed E-state index contributed by atoms with van der Waals surface area (Å²) in [7, 11) is 0.0341. The van der Waals surface area contributed by atoms with Gasteiger partial charge in [0.15, 0.2) is 0 Å². The topological polar surface area (TPSA) is 96.0 Å². The van der Waals surface area contributed by atoms with Gasteiger partial charge in [-0.15, -0.1) is 0 Å². The number of ether oxygens (including phenoxy) is 3. The molecule has 1 aliphatic heterocycles. The summed E-state index contributed by atoms with van der Waals surface area (Å²) in [5.74, 6) is -3.77. The number of methoxy groups -OCH3 is 2. The second kappa shape index (κ2) is 4.71. The summed E-state index contributed by atoms with van der Waals surface area (Å²) in [6, 6.07) is 0. The Balaban J connectivity index is 3.15. The van der Waals surface area contributed by atoms with E-state index in [4.69, 9.17) is 4.74 Å². The molecule has 0 amide bonds. The maximum Gasteiger partial charge on any atom is 0.379 e. The van der Waals surface area contributed by atoms with Crippen LogP contribution in [0.4, 0.5) is 0 Å². The Morgan fingerprint density at radius 1 is 1.25 bits per heavy atom. The van der Waals surface area contributed by atoms with Gasteiger partial charge in [-0.2, -0.15) is 0 Å². The van der Waals surface area contributed by atoms with Gasteiger partial charge in [0.05, 0.1) is 37.4 Å². The molecule has 90 valence electrons. The molecule has 0 unspecified atom stereocenters. The molecular formula is C8H10O7S. The van der Waals surface area contributed by atoms with Crippen molar-refractivity contribution in [2.24, 2.45) is 0 Å². The summed E-state index contributed by atoms with van der Waals surface area (Å²) in [6.07, 6.45) is 0. The maximum atomic E-state index is 11.6. The van der Waals surface area contributed by atoms with Gasteiger partial charge in [0.25, 0.3) is 5.78 Å². The monoisotopic (exact) mass is 250 g/mol. The van der Waals surface area contributed by atoms with Gasteiger partial charge in [0.2, 0.25) is 0 Å². The van der Waals surface area contributed by atoms with Crippen LogP contribution in [0.3, 0.4) is 0 Å². The Morgan fingerprint density at radius 2 is 1.88 bits per heavy atom. The van der Waals surface area contributed by atoms with Gasteiger partial charge in [-0.3, -0.25) is 9.00 Å². The first kappa shape index (κ1) is 12.8. The van der Waals surface area contributed by atoms with Crippen molar-refractivity contribution in [3.8, 4) is 0 Å². The van der Waals surface area contributed by atoms with Crippen molar-refractivity contribution in [3.63, 3.8) is 0 Å². The SMILES string of the molecule is COC(=O)C(=O)[C@@]1(C(=O)OC)OCC[S@]1=O. The fraction of sp³-hybridized carbons (Fsp3) is 0.625. The van der Waals surface area contributed by atoms with E-state index in [0.717, 1.165) is 14.2 Å². The van der Waals surface area contributed by atoms with Crippen molar-refractivity contribution in [2.45, 2.75) is 4.93 Å². The normalized spacial score (nSPS) is 28.5. The van der Waals surface area contributed by atoms with E-state index in [1.807, 2.05) is 0 Å². The smallest absolute Gasteiger partial charge is 0.379 e. The number of hydrogen-bond donors (Lipinski definition) is 0. The molecule has 1 aliphatic rings. The second-order valence-corrected chi connectivity index (χ2v) is 4.50. The first-order valence-corrected chi connectivity index (χ1v) is 5.56. The Kier molecular flexibility index (Phi) is 3.76. The van der Waals surface area contributed by atoms with Crippen molar-refractivity contribution in [1.82, 2.24) is 0 Å². The molecule has 1 rings (SSSR count). The molecule has 16 heavy (non-hydrogen) atoms. The number of carbonyl (C=O) groups is 3. The highest BCUT2D eigenvalue weighted by Gasteiger charge is 2.60. The molecule has 0 aromatic heterocycles. The average molecular weight is 250 g/mol. The third-order valence-corrected chi connectivity index (χ3v) is 3.67. The second-order valence-electron chi connectivity index (χ2n) is 2.83. The largest absolute Gasteiger partial charge is 0.466 e. The molecule has 0 saturated carbocycles. The van der Waals surface area contributed by atoms with Crippen LogP contribution in [0.5, 0.6) is 0 Å². The van der Waals surface area contributed by atoms with E-state index < -0.39 is 33.5 Å². The lowest BCUT2D eigenvalue weighted by molar-refractivity contribution is -0.169. The van der Waals surface area contributed by atoms with E-state index in [1.165, 1.54) is 0 Å². The fourth-order valence-electron chi connectivity index (χ4n) is 1.25. The molecule has 1 heterocycles. The molecule has 2 atom stereocenters. The highest BCUT2D eigenvalue weighted by Crippen LogP contribution is 2.26. The molecule has 0 aliphatic carbocycles. The van der Waals surface area contributed by atoms with Crippen molar-refractivity contribution in [2.75, 3.05) is 26.6 Å². The first-order chi connectivity index (χ1) is 7.50. The zero-order valence-electron chi connectivity index (χ0n) is 8.68. The van der Waals surface area contributed by atoms with Crippen LogP contribution < -0.4 is 0 Å². The summed E-state index contributed by atoms with van der Waals surface area (Å²) in [6.45, 7) is -0.0650. The van der Waals surface area contributed by atoms with Crippen molar-refractivity contribution in [3.05, 3.63) is 0 Å². The summed E-state index contributed by atoms with van der Waals surface area (Å²) in [5.41, 5.74) is 0. The number of hydrogen-bond acceptors (Lipinski definition) is 7. The zero-order valence-corrected chi connectivity index (χ0v) is 9.50. The summed E-state index contributed by atoms with van der Waals surface area (Å²) in [5, 5.41) is 0. The van der Waals surface area contributed by atoms with Crippen LogP contribution in [0.1, 0.15) is 0 Å². The van der Waals surface area contributed by atoms with Crippen LogP contribution in [0.2, 0.25) is 0 Å². The number of esters is 2. The predicted molar refractivity (Wildman–Crippen MR) is 50.7 cm³/mol. The van der Waals surface area contributed by atoms with E-state index in [1.54, 1.807) is 0 Å². The van der Waals surface area contributed by atoms with E-state index in [2.05, 4.69) is 9.47 Å². The quantitative estimate of drug-likeness (QED) is 0.337. The van der Waals surface area contributed by atoms with Crippen LogP contribution in [0, 0.1) is 0 Å². The van der Waals surface area contributed by atoms with E-state index in [0.29, 0.717) is 0 Å². The summed E-state index contributed by atoms with van der Waals surface area (Å²) < 4.78 is 25.0. The number of rotatable bonds is 3. The van der Waals surface area contributed by atoms with Crippen LogP contribution in [-0.2, 0) is 39.4 Å². The van der Waals surface area contributed by atoms with E-state index in [9.17, 15) is 18.6 Å². The van der Waals surface area contributed by atoms with Crippen LogP contribution in [-0.4, -0.2) is 53.4 Å². The van der Waals surface area contributed by atoms with Gasteiger partial charge in [0.1, 0.15) is 0 Å². The van der Waals surface area contributed by atoms with Crippen molar-refractivity contribution in [1.29, 1.82) is 0 Å². The first-order valence-electron chi connectivity index (χ1n) is 4.24. The van der Waals surface area contributed by atoms with Crippen molar-refractivity contribution < 1.29 is 32.8 Å². The van der Waals surface area contributed by atoms with Gasteiger partial charge >= 0.3 is 16.9 Å². The molecule has 0 aromatic carbocycles. The molecule has 7 nitrogen and oxygen atoms in total. The predicted octanol–water partition coefficient (Wildman–Crippen LogP) is -1.62. The lowest BCUT2D eigenvalue weighted by atomic mass is 10.2. The molecule has 0 N–H and O–H groups in total. The molecule has 8 heteroatoms. The van der Waals surface area contributed by atoms with Crippen LogP contribution >= 0.6 is 0 Å². The Morgan fingerprint density at radius 3 is 2.25 bits per heavy atom. The number of ketones is 1. The van der Waals surface area contributed by atoms with Gasteiger partial charge in [-0.1, -0.05) is 0 Å². The standard InChI is InChI=1S/C8H10O7S/c1-13-6(10)5(9)8(7(11)14-2)15-3-4-16(8)12/h3-4H2,1-2H3/t8-,16-/m1/s1. The molecule has 0 aromatic rings. The fourth-order valence-corrected chi connectivity index (χ4v) is 2.54. The van der Waals surface area contributed by atoms with Gasteiger partial charge in [-0.25, -0.2) is 9.59 Å². The highest BCUT2D eigenvalue weighted by molar-refractivity contribution is 7.88. The number of Topliss-reactive ketones (excluding diaryl/α,β-unsaturated/α-hetero) is 1. The third kappa shape index (κ3) is 1.74. The minimum atomic E-state index is -2.36. The van der Waals surface area contributed by atoms with Crippen molar-refractivity contribution >= 4 is 28.5 Å². The minimum absolute atomic E-state index is 0.0160. The third-order valence-electron chi connectivity index (χ3n) is 2.02. The molecular weight excluding hydrogens is 240 g/mol. The molecule has 0 bridgehead atoms. The minimum Gasteiger partial charge on any atom is -0.466 e. The Labute approximate surface area is 93.5 Å². The summed E-state index contributed by atoms with van der Waals surface area (Å²) in [4.78, 5) is 31.8. The van der Waals surface area contributed by atoms with E-state index in [-0.39, 0.29) is 12.4 Å². The van der Waals surface area contributed by atoms with E-state index >= 15 is 0 Å². The Hall–Kier alpha value is -1.28. The molecule has 0 spiro atoms.